The van der Waals surface area contributed by atoms with Crippen LogP contribution in [-0.2, 0) is 14.3 Å². The van der Waals surface area contributed by atoms with E-state index in [1.54, 1.807) is 0 Å². The Morgan fingerprint density at radius 3 is 2.27 bits per heavy atom. The SMILES string of the molecule is C=C(C=CC(=O)O)C(=O)OCC(C)O.C=Cc1ccccc1. The van der Waals surface area contributed by atoms with E-state index in [2.05, 4.69) is 17.9 Å². The van der Waals surface area contributed by atoms with Crippen LogP contribution in [0.4, 0.5) is 0 Å². The number of carboxylic acid groups (broad SMARTS) is 1. The molecule has 5 nitrogen and oxygen atoms in total. The lowest BCUT2D eigenvalue weighted by Gasteiger charge is -2.05. The molecule has 0 heterocycles. The van der Waals surface area contributed by atoms with Gasteiger partial charge in [0.05, 0.1) is 11.7 Å². The standard InChI is InChI=1S/C9H12O5.C8H8/c1-6(3-4-8(11)12)9(13)14-5-7(2)10;1-2-8-6-4-3-5-7-8/h3-4,7,10H,1,5H2,2H3,(H,11,12);2-7H,1H2. The van der Waals surface area contributed by atoms with Crippen molar-refractivity contribution in [3.05, 3.63) is 66.8 Å². The van der Waals surface area contributed by atoms with E-state index < -0.39 is 18.0 Å². The highest BCUT2D eigenvalue weighted by Gasteiger charge is 2.07. The van der Waals surface area contributed by atoms with Gasteiger partial charge in [0.25, 0.3) is 0 Å². The van der Waals surface area contributed by atoms with E-state index in [-0.39, 0.29) is 12.2 Å². The topological polar surface area (TPSA) is 83.8 Å². The normalized spacial score (nSPS) is 11.0. The van der Waals surface area contributed by atoms with Crippen LogP contribution in [0.1, 0.15) is 12.5 Å². The highest BCUT2D eigenvalue weighted by molar-refractivity contribution is 5.93. The van der Waals surface area contributed by atoms with Crippen molar-refractivity contribution in [2.75, 3.05) is 6.61 Å². The van der Waals surface area contributed by atoms with E-state index in [1.807, 2.05) is 36.4 Å². The number of hydrogen-bond acceptors (Lipinski definition) is 4. The third-order valence-corrected chi connectivity index (χ3v) is 2.18. The number of aliphatic hydroxyl groups is 1. The largest absolute Gasteiger partial charge is 0.478 e. The average molecular weight is 304 g/mol. The number of carboxylic acids is 1. The lowest BCUT2D eigenvalue weighted by molar-refractivity contribution is -0.141. The molecule has 5 heteroatoms. The lowest BCUT2D eigenvalue weighted by atomic mass is 10.2. The van der Waals surface area contributed by atoms with Crippen LogP contribution in [0.2, 0.25) is 0 Å². The van der Waals surface area contributed by atoms with Gasteiger partial charge in [-0.1, -0.05) is 49.6 Å². The summed E-state index contributed by atoms with van der Waals surface area (Å²) in [7, 11) is 0. The van der Waals surface area contributed by atoms with Gasteiger partial charge in [-0.25, -0.2) is 9.59 Å². The molecule has 0 aliphatic carbocycles. The summed E-state index contributed by atoms with van der Waals surface area (Å²) < 4.78 is 4.56. The molecule has 0 aromatic heterocycles. The average Bonchev–Trinajstić information content (AvgIpc) is 2.51. The third kappa shape index (κ3) is 10.2. The second-order valence-electron chi connectivity index (χ2n) is 4.26. The van der Waals surface area contributed by atoms with Crippen LogP contribution >= 0.6 is 0 Å². The first-order valence-electron chi connectivity index (χ1n) is 6.49. The molecule has 0 fully saturated rings. The zero-order valence-electron chi connectivity index (χ0n) is 12.4. The van der Waals surface area contributed by atoms with Crippen molar-refractivity contribution in [1.82, 2.24) is 0 Å². The quantitative estimate of drug-likeness (QED) is 0.479. The van der Waals surface area contributed by atoms with Crippen LogP contribution in [0.5, 0.6) is 0 Å². The second kappa shape index (κ2) is 11.0. The minimum atomic E-state index is -1.17. The summed E-state index contributed by atoms with van der Waals surface area (Å²) in [6.45, 7) is 8.25. The van der Waals surface area contributed by atoms with Crippen LogP contribution < -0.4 is 0 Å². The molecule has 0 amide bonds. The van der Waals surface area contributed by atoms with Crippen molar-refractivity contribution in [1.29, 1.82) is 0 Å². The van der Waals surface area contributed by atoms with Crippen molar-refractivity contribution in [2.24, 2.45) is 0 Å². The van der Waals surface area contributed by atoms with E-state index in [0.717, 1.165) is 12.2 Å². The van der Waals surface area contributed by atoms with Gasteiger partial charge in [0.2, 0.25) is 0 Å². The Labute approximate surface area is 129 Å². The smallest absolute Gasteiger partial charge is 0.337 e. The number of benzene rings is 1. The van der Waals surface area contributed by atoms with Crippen LogP contribution in [0, 0.1) is 0 Å². The van der Waals surface area contributed by atoms with Crippen LogP contribution in [-0.4, -0.2) is 34.9 Å². The Kier molecular flexibility index (Phi) is 9.71. The van der Waals surface area contributed by atoms with E-state index >= 15 is 0 Å². The first-order valence-corrected chi connectivity index (χ1v) is 6.49. The fourth-order valence-corrected chi connectivity index (χ4v) is 1.12. The van der Waals surface area contributed by atoms with Gasteiger partial charge in [-0.15, -0.1) is 0 Å². The number of rotatable bonds is 6. The fraction of sp³-hybridized carbons (Fsp3) is 0.176. The fourth-order valence-electron chi connectivity index (χ4n) is 1.12. The van der Waals surface area contributed by atoms with Gasteiger partial charge in [0.15, 0.2) is 0 Å². The van der Waals surface area contributed by atoms with Crippen molar-refractivity contribution in [2.45, 2.75) is 13.0 Å². The molecule has 1 rings (SSSR count). The van der Waals surface area contributed by atoms with E-state index in [1.165, 1.54) is 12.5 Å². The molecule has 0 aliphatic heterocycles. The van der Waals surface area contributed by atoms with Gasteiger partial charge >= 0.3 is 11.9 Å². The summed E-state index contributed by atoms with van der Waals surface area (Å²) >= 11 is 0. The Balaban J connectivity index is 0.000000461. The summed E-state index contributed by atoms with van der Waals surface area (Å²) in [6, 6.07) is 10.0. The number of esters is 1. The molecule has 0 saturated heterocycles. The molecule has 2 N–H and O–H groups in total. The van der Waals surface area contributed by atoms with Crippen LogP contribution in [0.3, 0.4) is 0 Å². The van der Waals surface area contributed by atoms with E-state index in [9.17, 15) is 9.59 Å². The van der Waals surface area contributed by atoms with Crippen molar-refractivity contribution < 1.29 is 24.5 Å². The van der Waals surface area contributed by atoms with E-state index in [4.69, 9.17) is 10.2 Å². The monoisotopic (exact) mass is 304 g/mol. The highest BCUT2D eigenvalue weighted by atomic mass is 16.5. The van der Waals surface area contributed by atoms with Crippen LogP contribution in [0.15, 0.2) is 61.2 Å². The number of carbonyl (C=O) groups is 2. The maximum atomic E-state index is 11.0. The maximum Gasteiger partial charge on any atom is 0.337 e. The summed E-state index contributed by atoms with van der Waals surface area (Å²) in [5, 5.41) is 17.0. The molecular formula is C17H20O5. The third-order valence-electron chi connectivity index (χ3n) is 2.18. The van der Waals surface area contributed by atoms with Gasteiger partial charge in [0, 0.05) is 6.08 Å². The zero-order valence-corrected chi connectivity index (χ0v) is 12.4. The minimum absolute atomic E-state index is 0.0759. The Morgan fingerprint density at radius 2 is 1.86 bits per heavy atom. The van der Waals surface area contributed by atoms with Gasteiger partial charge in [-0.2, -0.15) is 0 Å². The van der Waals surface area contributed by atoms with Gasteiger partial charge in [-0.3, -0.25) is 0 Å². The highest BCUT2D eigenvalue weighted by Crippen LogP contribution is 1.98. The first-order chi connectivity index (χ1) is 10.4. The Bertz CT molecular complexity index is 529. The number of aliphatic carboxylic acids is 1. The molecular weight excluding hydrogens is 284 g/mol. The lowest BCUT2D eigenvalue weighted by Crippen LogP contribution is -2.15. The van der Waals surface area contributed by atoms with Gasteiger partial charge in [-0.05, 0) is 18.6 Å². The van der Waals surface area contributed by atoms with Gasteiger partial charge in [0.1, 0.15) is 6.61 Å². The molecule has 0 saturated carbocycles. The zero-order chi connectivity index (χ0) is 17.0. The summed E-state index contributed by atoms with van der Waals surface area (Å²) in [4.78, 5) is 21.1. The molecule has 0 radical (unpaired) electrons. The molecule has 1 aromatic rings. The molecule has 1 unspecified atom stereocenters. The molecule has 0 aliphatic rings. The number of aliphatic hydroxyl groups excluding tert-OH is 1. The predicted octanol–water partition coefficient (Wildman–Crippen LogP) is 2.44. The Hall–Kier alpha value is -2.66. The second-order valence-corrected chi connectivity index (χ2v) is 4.26. The number of carbonyl (C=O) groups excluding carboxylic acids is 1. The Morgan fingerprint density at radius 1 is 1.27 bits per heavy atom. The number of ether oxygens (including phenoxy) is 1. The molecule has 1 aromatic carbocycles. The molecule has 22 heavy (non-hydrogen) atoms. The number of hydrogen-bond donors (Lipinski definition) is 2. The molecule has 118 valence electrons. The molecule has 1 atom stereocenters. The maximum absolute atomic E-state index is 11.0. The van der Waals surface area contributed by atoms with Crippen molar-refractivity contribution >= 4 is 18.0 Å². The van der Waals surface area contributed by atoms with Crippen LogP contribution in [0.25, 0.3) is 6.08 Å². The summed E-state index contributed by atoms with van der Waals surface area (Å²) in [5.74, 6) is -1.92. The van der Waals surface area contributed by atoms with Crippen molar-refractivity contribution in [3.63, 3.8) is 0 Å². The summed E-state index contributed by atoms with van der Waals surface area (Å²) in [6.07, 6.45) is 2.90. The molecule has 0 bridgehead atoms. The van der Waals surface area contributed by atoms with Gasteiger partial charge < -0.3 is 14.9 Å². The molecule has 0 spiro atoms. The summed E-state index contributed by atoms with van der Waals surface area (Å²) in [5.41, 5.74) is 1.10. The predicted molar refractivity (Wildman–Crippen MR) is 85.1 cm³/mol. The first kappa shape index (κ1) is 19.3. The van der Waals surface area contributed by atoms with E-state index in [0.29, 0.717) is 0 Å². The minimum Gasteiger partial charge on any atom is -0.478 e. The van der Waals surface area contributed by atoms with Crippen molar-refractivity contribution in [3.8, 4) is 0 Å².